The van der Waals surface area contributed by atoms with Crippen molar-refractivity contribution in [3.05, 3.63) is 55.3 Å². The number of hydrogen-bond donors (Lipinski definition) is 2. The maximum Gasteiger partial charge on any atom is 0.290 e. The van der Waals surface area contributed by atoms with Gasteiger partial charge in [0.25, 0.3) is 16.8 Å². The Bertz CT molecular complexity index is 794. The van der Waals surface area contributed by atoms with Gasteiger partial charge in [0.05, 0.1) is 6.54 Å². The zero-order valence-corrected chi connectivity index (χ0v) is 11.0. The average Bonchev–Trinajstić information content (AvgIpc) is 2.45. The van der Waals surface area contributed by atoms with Crippen molar-refractivity contribution in [2.75, 3.05) is 17.2 Å². The van der Waals surface area contributed by atoms with Crippen molar-refractivity contribution in [3.63, 3.8) is 0 Å². The minimum atomic E-state index is -3.12. The molecule has 0 fully saturated rings. The number of alkyl halides is 2. The van der Waals surface area contributed by atoms with E-state index in [0.29, 0.717) is 5.56 Å². The highest BCUT2D eigenvalue weighted by molar-refractivity contribution is 5.73. The number of nitrogen functional groups attached to an aromatic ring is 1. The zero-order chi connectivity index (χ0) is 15.4. The van der Waals surface area contributed by atoms with Gasteiger partial charge in [-0.3, -0.25) is 9.59 Å². The maximum absolute atomic E-state index is 14.2. The second kappa shape index (κ2) is 4.36. The third-order valence-corrected chi connectivity index (χ3v) is 3.79. The van der Waals surface area contributed by atoms with Crippen LogP contribution in [0.3, 0.4) is 0 Å². The fraction of sp³-hybridized carbons (Fsp3) is 0.286. The minimum absolute atomic E-state index is 0.0757. The Kier molecular flexibility index (Phi) is 2.84. The van der Waals surface area contributed by atoms with Crippen molar-refractivity contribution >= 4 is 11.4 Å². The van der Waals surface area contributed by atoms with Gasteiger partial charge < -0.3 is 16.4 Å². The molecule has 1 aliphatic rings. The zero-order valence-electron chi connectivity index (χ0n) is 11.0. The van der Waals surface area contributed by atoms with E-state index in [0.717, 1.165) is 5.56 Å². The van der Waals surface area contributed by atoms with Crippen LogP contribution < -0.4 is 27.2 Å². The van der Waals surface area contributed by atoms with Crippen LogP contribution in [0.5, 0.6) is 0 Å². The topological polar surface area (TPSA) is 89.4 Å². The minimum Gasteiger partial charge on any atom is -0.394 e. The first kappa shape index (κ1) is 13.7. The maximum atomic E-state index is 14.2. The van der Waals surface area contributed by atoms with Crippen LogP contribution in [0.1, 0.15) is 16.7 Å². The number of nitrogens with two attached hydrogens (primary N) is 2. The molecule has 2 aromatic rings. The van der Waals surface area contributed by atoms with Crippen molar-refractivity contribution in [2.24, 2.45) is 5.73 Å². The second-order valence-electron chi connectivity index (χ2n) is 5.18. The molecule has 1 aliphatic heterocycles. The predicted molar refractivity (Wildman–Crippen MR) is 75.0 cm³/mol. The van der Waals surface area contributed by atoms with Crippen molar-refractivity contribution in [2.45, 2.75) is 19.0 Å². The molecule has 7 heteroatoms. The molecule has 0 aliphatic carbocycles. The summed E-state index contributed by atoms with van der Waals surface area (Å²) in [6.07, 6.45) is 0. The lowest BCUT2D eigenvalue weighted by Crippen LogP contribution is -2.48. The number of rotatable bonds is 2. The molecule has 0 unspecified atom stereocenters. The van der Waals surface area contributed by atoms with Crippen LogP contribution in [0.15, 0.2) is 27.8 Å². The van der Waals surface area contributed by atoms with Gasteiger partial charge in [0.1, 0.15) is 11.4 Å². The number of benzene rings is 1. The van der Waals surface area contributed by atoms with Gasteiger partial charge in [-0.1, -0.05) is 18.2 Å². The Morgan fingerprint density at radius 2 is 1.95 bits per heavy atom. The van der Waals surface area contributed by atoms with Crippen LogP contribution >= 0.6 is 0 Å². The van der Waals surface area contributed by atoms with Crippen molar-refractivity contribution < 1.29 is 8.78 Å². The number of halogens is 2. The number of hydrogen-bond acceptors (Lipinski definition) is 5. The van der Waals surface area contributed by atoms with Gasteiger partial charge in [0.2, 0.25) is 0 Å². The Morgan fingerprint density at radius 1 is 1.24 bits per heavy atom. The van der Waals surface area contributed by atoms with Crippen molar-refractivity contribution in [3.8, 4) is 0 Å². The Morgan fingerprint density at radius 3 is 2.57 bits per heavy atom. The van der Waals surface area contributed by atoms with Crippen LogP contribution in [-0.4, -0.2) is 6.54 Å². The molecule has 2 aromatic carbocycles. The van der Waals surface area contributed by atoms with E-state index >= 15 is 0 Å². The van der Waals surface area contributed by atoms with Crippen LogP contribution in [0.4, 0.5) is 20.2 Å². The lowest BCUT2D eigenvalue weighted by Gasteiger charge is -2.36. The molecule has 0 bridgehead atoms. The molecule has 3 rings (SSSR count). The summed E-state index contributed by atoms with van der Waals surface area (Å²) >= 11 is 0. The average molecular weight is 293 g/mol. The molecule has 0 saturated heterocycles. The van der Waals surface area contributed by atoms with E-state index < -0.39 is 23.3 Å². The summed E-state index contributed by atoms with van der Waals surface area (Å²) in [5.74, 6) is -3.12. The SMILES string of the molecule is NCc1ccc2c(c1)CN(c1c(N)c(=O)c1=O)CC2(F)F. The molecule has 5 nitrogen and oxygen atoms in total. The number of anilines is 2. The van der Waals surface area contributed by atoms with E-state index in [1.165, 1.54) is 11.0 Å². The Hall–Kier alpha value is -2.28. The Balaban J connectivity index is 2.06. The van der Waals surface area contributed by atoms with Gasteiger partial charge in [0.15, 0.2) is 0 Å². The molecule has 0 atom stereocenters. The van der Waals surface area contributed by atoms with Gasteiger partial charge in [-0.2, -0.15) is 8.78 Å². The second-order valence-corrected chi connectivity index (χ2v) is 5.18. The van der Waals surface area contributed by atoms with E-state index in [2.05, 4.69) is 0 Å². The third kappa shape index (κ3) is 1.92. The van der Waals surface area contributed by atoms with Crippen LogP contribution in [0, 0.1) is 0 Å². The molecule has 0 saturated carbocycles. The largest absolute Gasteiger partial charge is 0.394 e. The van der Waals surface area contributed by atoms with Crippen molar-refractivity contribution in [1.82, 2.24) is 0 Å². The van der Waals surface area contributed by atoms with Crippen molar-refractivity contribution in [1.29, 1.82) is 0 Å². The molecule has 0 amide bonds. The summed E-state index contributed by atoms with van der Waals surface area (Å²) in [6, 6.07) is 4.52. The summed E-state index contributed by atoms with van der Waals surface area (Å²) in [5, 5.41) is 0. The molecule has 0 radical (unpaired) electrons. The highest BCUT2D eigenvalue weighted by Gasteiger charge is 2.42. The predicted octanol–water partition coefficient (Wildman–Crippen LogP) is 0.435. The molecule has 110 valence electrons. The molecular formula is C14H13F2N3O2. The van der Waals surface area contributed by atoms with Crippen LogP contribution in [0.25, 0.3) is 0 Å². The summed E-state index contributed by atoms with van der Waals surface area (Å²) in [4.78, 5) is 23.9. The highest BCUT2D eigenvalue weighted by atomic mass is 19.3. The quantitative estimate of drug-likeness (QED) is 0.784. The monoisotopic (exact) mass is 293 g/mol. The Labute approximate surface area is 118 Å². The van der Waals surface area contributed by atoms with E-state index in [4.69, 9.17) is 11.5 Å². The summed E-state index contributed by atoms with van der Waals surface area (Å²) in [7, 11) is 0. The van der Waals surface area contributed by atoms with E-state index in [1.807, 2.05) is 0 Å². The molecule has 21 heavy (non-hydrogen) atoms. The molecule has 4 N–H and O–H groups in total. The van der Waals surface area contributed by atoms with E-state index in [-0.39, 0.29) is 30.0 Å². The van der Waals surface area contributed by atoms with Gasteiger partial charge in [0, 0.05) is 18.7 Å². The van der Waals surface area contributed by atoms with Gasteiger partial charge in [-0.15, -0.1) is 0 Å². The lowest BCUT2D eigenvalue weighted by atomic mass is 9.93. The first-order valence-corrected chi connectivity index (χ1v) is 6.39. The summed E-state index contributed by atoms with van der Waals surface area (Å²) in [6.45, 7) is -0.327. The van der Waals surface area contributed by atoms with Crippen LogP contribution in [0.2, 0.25) is 0 Å². The molecule has 0 spiro atoms. The summed E-state index contributed by atoms with van der Waals surface area (Å²) in [5.41, 5.74) is 10.0. The van der Waals surface area contributed by atoms with E-state index in [9.17, 15) is 18.4 Å². The molecular weight excluding hydrogens is 280 g/mol. The highest BCUT2D eigenvalue weighted by Crippen LogP contribution is 2.39. The molecule has 1 heterocycles. The standard InChI is InChI=1S/C14H13F2N3O2/c15-14(16)6-19(11-10(18)12(20)13(11)21)5-8-3-7(4-17)1-2-9(8)14/h1-3H,4-6,17-18H2. The van der Waals surface area contributed by atoms with Gasteiger partial charge in [-0.05, 0) is 11.1 Å². The third-order valence-electron chi connectivity index (χ3n) is 3.79. The normalized spacial score (nSPS) is 17.0. The fourth-order valence-corrected chi connectivity index (χ4v) is 2.72. The number of nitrogens with zero attached hydrogens (tertiary/aromatic N) is 1. The number of fused-ring (bicyclic) bond motifs is 1. The fourth-order valence-electron chi connectivity index (χ4n) is 2.72. The van der Waals surface area contributed by atoms with Gasteiger partial charge in [-0.25, -0.2) is 0 Å². The first-order chi connectivity index (χ1) is 9.85. The van der Waals surface area contributed by atoms with Crippen LogP contribution in [-0.2, 0) is 19.0 Å². The summed E-state index contributed by atoms with van der Waals surface area (Å²) < 4.78 is 28.4. The lowest BCUT2D eigenvalue weighted by molar-refractivity contribution is -0.00251. The van der Waals surface area contributed by atoms with E-state index in [1.54, 1.807) is 12.1 Å². The smallest absolute Gasteiger partial charge is 0.290 e. The van der Waals surface area contributed by atoms with Gasteiger partial charge >= 0.3 is 0 Å². The first-order valence-electron chi connectivity index (χ1n) is 6.39. The molecule has 0 aromatic heterocycles.